The van der Waals surface area contributed by atoms with Gasteiger partial charge in [-0.2, -0.15) is 4.68 Å². The molecule has 0 aliphatic carbocycles. The van der Waals surface area contributed by atoms with E-state index in [1.807, 2.05) is 23.7 Å². The highest BCUT2D eigenvalue weighted by molar-refractivity contribution is 5.49. The van der Waals surface area contributed by atoms with Crippen LogP contribution >= 0.6 is 0 Å². The zero-order valence-corrected chi connectivity index (χ0v) is 21.2. The molecule has 0 radical (unpaired) electrons. The normalized spacial score (nSPS) is 16.0. The third-order valence-corrected chi connectivity index (χ3v) is 6.83. The predicted molar refractivity (Wildman–Crippen MR) is 143 cm³/mol. The van der Waals surface area contributed by atoms with Crippen LogP contribution in [0, 0.1) is 20.8 Å². The van der Waals surface area contributed by atoms with Crippen LogP contribution in [0.1, 0.15) is 39.9 Å². The van der Waals surface area contributed by atoms with Gasteiger partial charge in [0.25, 0.3) is 0 Å². The highest BCUT2D eigenvalue weighted by atomic mass is 15.6. The van der Waals surface area contributed by atoms with Gasteiger partial charge in [-0.3, -0.25) is 14.8 Å². The third kappa shape index (κ3) is 5.27. The van der Waals surface area contributed by atoms with Crippen molar-refractivity contribution in [2.24, 2.45) is 0 Å². The largest absolute Gasteiger partial charge is 0.297 e. The Balaban J connectivity index is 1.39. The van der Waals surface area contributed by atoms with Crippen molar-refractivity contribution in [2.75, 3.05) is 32.7 Å². The lowest BCUT2D eigenvalue weighted by atomic mass is 10.1. The molecule has 36 heavy (non-hydrogen) atoms. The molecular formula is C29H33N7. The monoisotopic (exact) mass is 479 g/mol. The number of aryl methyl sites for hydroxylation is 3. The molecule has 0 unspecified atom stereocenters. The van der Waals surface area contributed by atoms with Gasteiger partial charge in [0.05, 0.1) is 11.4 Å². The van der Waals surface area contributed by atoms with Gasteiger partial charge in [-0.15, -0.1) is 5.10 Å². The summed E-state index contributed by atoms with van der Waals surface area (Å²) in [5.41, 5.74) is 6.55. The summed E-state index contributed by atoms with van der Waals surface area (Å²) in [6.45, 7) is 11.0. The van der Waals surface area contributed by atoms with E-state index in [0.717, 1.165) is 66.8 Å². The van der Waals surface area contributed by atoms with Gasteiger partial charge in [0.2, 0.25) is 0 Å². The Morgan fingerprint density at radius 1 is 0.833 bits per heavy atom. The Labute approximate surface area is 213 Å². The molecule has 4 aromatic rings. The second-order valence-electron chi connectivity index (χ2n) is 9.45. The summed E-state index contributed by atoms with van der Waals surface area (Å²) < 4.78 is 1.91. The van der Waals surface area contributed by atoms with Crippen LogP contribution < -0.4 is 0 Å². The first kappa shape index (κ1) is 24.0. The fourth-order valence-electron chi connectivity index (χ4n) is 4.97. The number of piperazine rings is 1. The van der Waals surface area contributed by atoms with Gasteiger partial charge in [-0.1, -0.05) is 66.7 Å². The Kier molecular flexibility index (Phi) is 7.30. The van der Waals surface area contributed by atoms with Crippen LogP contribution in [0.5, 0.6) is 0 Å². The van der Waals surface area contributed by atoms with E-state index in [-0.39, 0.29) is 6.04 Å². The number of aromatic nitrogens is 5. The second-order valence-corrected chi connectivity index (χ2v) is 9.45. The molecule has 1 aliphatic heterocycles. The molecule has 0 N–H and O–H groups in total. The predicted octanol–water partition coefficient (Wildman–Crippen LogP) is 4.40. The fraction of sp³-hybridized carbons (Fsp3) is 0.310. The molecule has 1 fully saturated rings. The van der Waals surface area contributed by atoms with Gasteiger partial charge in [-0.25, -0.2) is 0 Å². The van der Waals surface area contributed by atoms with E-state index in [1.54, 1.807) is 0 Å². The van der Waals surface area contributed by atoms with Gasteiger partial charge in [0.15, 0.2) is 5.82 Å². The molecule has 7 nitrogen and oxygen atoms in total. The van der Waals surface area contributed by atoms with Crippen molar-refractivity contribution in [3.05, 3.63) is 107 Å². The first-order valence-electron chi connectivity index (χ1n) is 12.6. The highest BCUT2D eigenvalue weighted by Crippen LogP contribution is 2.30. The summed E-state index contributed by atoms with van der Waals surface area (Å²) in [5, 5.41) is 13.1. The maximum atomic E-state index is 4.91. The van der Waals surface area contributed by atoms with E-state index in [9.17, 15) is 0 Å². The summed E-state index contributed by atoms with van der Waals surface area (Å²) >= 11 is 0. The molecule has 184 valence electrons. The lowest BCUT2D eigenvalue weighted by Gasteiger charge is -2.38. The van der Waals surface area contributed by atoms with Gasteiger partial charge in [0, 0.05) is 38.4 Å². The highest BCUT2D eigenvalue weighted by Gasteiger charge is 2.32. The molecule has 1 atom stereocenters. The lowest BCUT2D eigenvalue weighted by Crippen LogP contribution is -2.48. The summed E-state index contributed by atoms with van der Waals surface area (Å²) in [4.78, 5) is 9.87. The minimum atomic E-state index is -0.124. The van der Waals surface area contributed by atoms with Crippen LogP contribution in [-0.2, 0) is 0 Å². The number of nitrogens with zero attached hydrogens (tertiary/aromatic N) is 7. The molecule has 1 aliphatic rings. The molecule has 7 heteroatoms. The maximum absolute atomic E-state index is 4.91. The Morgan fingerprint density at radius 3 is 2.28 bits per heavy atom. The van der Waals surface area contributed by atoms with Gasteiger partial charge < -0.3 is 0 Å². The number of para-hydroxylation sites is 1. The van der Waals surface area contributed by atoms with Crippen molar-refractivity contribution in [1.82, 2.24) is 35.0 Å². The van der Waals surface area contributed by atoms with Crippen LogP contribution in [0.25, 0.3) is 11.8 Å². The van der Waals surface area contributed by atoms with Crippen LogP contribution in [0.2, 0.25) is 0 Å². The van der Waals surface area contributed by atoms with Crippen LogP contribution in [0.4, 0.5) is 0 Å². The molecule has 0 bridgehead atoms. The number of pyridine rings is 1. The molecule has 1 saturated heterocycles. The van der Waals surface area contributed by atoms with E-state index < -0.39 is 0 Å². The smallest absolute Gasteiger partial charge is 0.179 e. The van der Waals surface area contributed by atoms with Crippen LogP contribution in [0.3, 0.4) is 0 Å². The Hall–Kier alpha value is -3.68. The van der Waals surface area contributed by atoms with Crippen molar-refractivity contribution in [3.63, 3.8) is 0 Å². The fourth-order valence-corrected chi connectivity index (χ4v) is 4.97. The minimum Gasteiger partial charge on any atom is -0.297 e. The molecule has 3 heterocycles. The summed E-state index contributed by atoms with van der Waals surface area (Å²) in [7, 11) is 0. The maximum Gasteiger partial charge on any atom is 0.179 e. The first-order chi connectivity index (χ1) is 17.6. The van der Waals surface area contributed by atoms with Crippen molar-refractivity contribution >= 4 is 6.08 Å². The van der Waals surface area contributed by atoms with Crippen molar-refractivity contribution in [3.8, 4) is 5.69 Å². The average molecular weight is 480 g/mol. The second kappa shape index (κ2) is 10.9. The molecule has 2 aromatic carbocycles. The van der Waals surface area contributed by atoms with Gasteiger partial charge in [0.1, 0.15) is 6.04 Å². The van der Waals surface area contributed by atoms with E-state index in [2.05, 4.69) is 106 Å². The molecule has 0 saturated carbocycles. The van der Waals surface area contributed by atoms with E-state index >= 15 is 0 Å². The van der Waals surface area contributed by atoms with E-state index in [0.29, 0.717) is 0 Å². The van der Waals surface area contributed by atoms with Crippen LogP contribution in [0.15, 0.2) is 72.8 Å². The number of tetrazole rings is 1. The SMILES string of the molecule is Cc1cccc([C@H](c2nnnn2-c2c(C)cccc2C)N2CCN(C/C=C/c3ccccc3)CC2)n1. The van der Waals surface area contributed by atoms with Gasteiger partial charge in [-0.05, 0) is 60.0 Å². The quantitative estimate of drug-likeness (QED) is 0.391. The zero-order chi connectivity index (χ0) is 24.9. The standard InChI is InChI=1S/C29H33N7/c1-22-10-7-11-23(2)27(22)36-29(31-32-33-36)28(26-16-8-12-24(3)30-26)35-20-18-34(19-21-35)17-9-15-25-13-5-4-6-14-25/h4-16,28H,17-21H2,1-3H3/b15-9+/t28-/m1/s1. The number of hydrogen-bond donors (Lipinski definition) is 0. The minimum absolute atomic E-state index is 0.124. The van der Waals surface area contributed by atoms with Crippen LogP contribution in [-0.4, -0.2) is 67.7 Å². The molecule has 0 spiro atoms. The number of benzene rings is 2. The Bertz CT molecular complexity index is 1300. The Morgan fingerprint density at radius 2 is 1.56 bits per heavy atom. The molecule has 0 amide bonds. The van der Waals surface area contributed by atoms with E-state index in [1.165, 1.54) is 5.56 Å². The topological polar surface area (TPSA) is 63.0 Å². The third-order valence-electron chi connectivity index (χ3n) is 6.83. The lowest BCUT2D eigenvalue weighted by molar-refractivity contribution is 0.112. The summed E-state index contributed by atoms with van der Waals surface area (Å²) in [6, 6.07) is 22.8. The molecule has 5 rings (SSSR count). The molecular weight excluding hydrogens is 446 g/mol. The molecule has 2 aromatic heterocycles. The zero-order valence-electron chi connectivity index (χ0n) is 21.2. The van der Waals surface area contributed by atoms with Crippen molar-refractivity contribution in [1.29, 1.82) is 0 Å². The summed E-state index contributed by atoms with van der Waals surface area (Å²) in [5.74, 6) is 0.808. The van der Waals surface area contributed by atoms with Crippen molar-refractivity contribution in [2.45, 2.75) is 26.8 Å². The summed E-state index contributed by atoms with van der Waals surface area (Å²) in [6.07, 6.45) is 4.45. The number of hydrogen-bond acceptors (Lipinski definition) is 6. The number of rotatable bonds is 7. The average Bonchev–Trinajstić information content (AvgIpc) is 3.34. The van der Waals surface area contributed by atoms with E-state index in [4.69, 9.17) is 4.98 Å². The van der Waals surface area contributed by atoms with Crippen molar-refractivity contribution < 1.29 is 0 Å². The first-order valence-corrected chi connectivity index (χ1v) is 12.6. The van der Waals surface area contributed by atoms with Gasteiger partial charge >= 0.3 is 0 Å².